The van der Waals surface area contributed by atoms with Gasteiger partial charge >= 0.3 is 164 Å². The molecule has 0 bridgehead atoms. The summed E-state index contributed by atoms with van der Waals surface area (Å²) in [6.07, 6.45) is 3.54. The molecule has 0 aliphatic heterocycles. The zero-order chi connectivity index (χ0) is 18.6. The van der Waals surface area contributed by atoms with Gasteiger partial charge in [-0.15, -0.1) is 0 Å². The molecule has 0 radical (unpaired) electrons. The predicted octanol–water partition coefficient (Wildman–Crippen LogP) is 5.01. The summed E-state index contributed by atoms with van der Waals surface area (Å²) in [7, 11) is 0. The van der Waals surface area contributed by atoms with E-state index < -0.39 is 6.06 Å². The van der Waals surface area contributed by atoms with Crippen LogP contribution in [0.3, 0.4) is 0 Å². The molecule has 0 heterocycles. The Hall–Kier alpha value is -0.851. The van der Waals surface area contributed by atoms with Gasteiger partial charge in [-0.1, -0.05) is 0 Å². The van der Waals surface area contributed by atoms with Gasteiger partial charge in [0.15, 0.2) is 0 Å². The van der Waals surface area contributed by atoms with Crippen LogP contribution in [0.1, 0.15) is 40.0 Å². The molecule has 0 aromatic heterocycles. The van der Waals surface area contributed by atoms with Crippen molar-refractivity contribution in [2.45, 2.75) is 46.1 Å². The first kappa shape index (κ1) is 19.9. The Kier molecular flexibility index (Phi) is 6.81. The van der Waals surface area contributed by atoms with Gasteiger partial charge in [-0.25, -0.2) is 0 Å². The average Bonchev–Trinajstić information content (AvgIpc) is 2.63. The van der Waals surface area contributed by atoms with Crippen LogP contribution in [0.5, 0.6) is 0 Å². The van der Waals surface area contributed by atoms with E-state index in [-0.39, 0.29) is 20.6 Å². The fraction of sp³-hybridized carbons (Fsp3) is 0.455. The molecule has 0 saturated heterocycles. The zero-order valence-corrected chi connectivity index (χ0v) is 18.5. The van der Waals surface area contributed by atoms with Crippen molar-refractivity contribution in [3.8, 4) is 0 Å². The molecule has 1 saturated carbocycles. The quantitative estimate of drug-likeness (QED) is 0.471. The first-order valence-corrected chi connectivity index (χ1v) is 14.3. The summed E-state index contributed by atoms with van der Waals surface area (Å²) in [4.78, 5) is 0. The molecule has 140 valence electrons. The fourth-order valence-corrected chi connectivity index (χ4v) is 10.8. The Bertz CT molecular complexity index is 732. The molecule has 4 heteroatoms. The molecule has 0 spiro atoms. The van der Waals surface area contributed by atoms with E-state index in [2.05, 4.69) is 32.9 Å². The minimum atomic E-state index is -2.90. The second-order valence-electron chi connectivity index (χ2n) is 7.71. The standard InChI is InChI=1S/C22H29O2PSe/c1-17(2)21-15-14-18(3)16-22(21)24-25(23,19-10-6-4-7-11-19)26-20-12-8-5-9-13-20/h4-13,17-18,21-22H,14-16H2,1-3H3/t18-,21+,22-,25?/m1/s1. The predicted molar refractivity (Wildman–Crippen MR) is 112 cm³/mol. The van der Waals surface area contributed by atoms with Crippen molar-refractivity contribution >= 4 is 30.3 Å². The van der Waals surface area contributed by atoms with E-state index in [1.54, 1.807) is 0 Å². The third kappa shape index (κ3) is 4.90. The maximum atomic E-state index is 14.1. The summed E-state index contributed by atoms with van der Waals surface area (Å²) >= 11 is -0.224. The minimum absolute atomic E-state index is 0.0929. The van der Waals surface area contributed by atoms with E-state index in [1.165, 1.54) is 12.8 Å². The summed E-state index contributed by atoms with van der Waals surface area (Å²) in [6.45, 7) is 6.84. The molecular weight excluding hydrogens is 406 g/mol. The number of rotatable bonds is 6. The van der Waals surface area contributed by atoms with Crippen LogP contribution < -0.4 is 9.77 Å². The number of hydrogen-bond acceptors (Lipinski definition) is 2. The molecule has 1 fully saturated rings. The van der Waals surface area contributed by atoms with Crippen LogP contribution in [0.25, 0.3) is 0 Å². The van der Waals surface area contributed by atoms with E-state index in [0.29, 0.717) is 17.8 Å². The van der Waals surface area contributed by atoms with Crippen LogP contribution in [0.2, 0.25) is 0 Å². The Balaban J connectivity index is 1.91. The van der Waals surface area contributed by atoms with Crippen LogP contribution in [0.4, 0.5) is 0 Å². The van der Waals surface area contributed by atoms with E-state index in [4.69, 9.17) is 4.52 Å². The van der Waals surface area contributed by atoms with Crippen LogP contribution in [0.15, 0.2) is 60.7 Å². The summed E-state index contributed by atoms with van der Waals surface area (Å²) < 4.78 is 21.9. The Morgan fingerprint density at radius 3 is 2.23 bits per heavy atom. The second kappa shape index (κ2) is 8.89. The van der Waals surface area contributed by atoms with E-state index >= 15 is 0 Å². The first-order valence-electron chi connectivity index (χ1n) is 9.56. The normalized spacial score (nSPS) is 25.8. The number of benzene rings is 2. The molecule has 0 amide bonds. The van der Waals surface area contributed by atoms with E-state index in [1.807, 2.05) is 48.5 Å². The van der Waals surface area contributed by atoms with Crippen LogP contribution in [0, 0.1) is 17.8 Å². The third-order valence-corrected chi connectivity index (χ3v) is 12.5. The maximum absolute atomic E-state index is 14.1. The molecule has 1 aliphatic rings. The van der Waals surface area contributed by atoms with Crippen molar-refractivity contribution in [1.82, 2.24) is 0 Å². The summed E-state index contributed by atoms with van der Waals surface area (Å²) in [5, 5.41) is 0.865. The van der Waals surface area contributed by atoms with Crippen molar-refractivity contribution in [2.24, 2.45) is 17.8 Å². The molecule has 26 heavy (non-hydrogen) atoms. The van der Waals surface area contributed by atoms with Crippen molar-refractivity contribution < 1.29 is 9.09 Å². The third-order valence-electron chi connectivity index (χ3n) is 5.28. The van der Waals surface area contributed by atoms with Crippen molar-refractivity contribution in [3.05, 3.63) is 60.7 Å². The average molecular weight is 435 g/mol. The van der Waals surface area contributed by atoms with Gasteiger partial charge in [0.1, 0.15) is 0 Å². The van der Waals surface area contributed by atoms with Crippen LogP contribution in [-0.2, 0) is 9.09 Å². The number of hydrogen-bond donors (Lipinski definition) is 0. The molecule has 1 unspecified atom stereocenters. The molecular formula is C22H29O2PSe. The zero-order valence-electron chi connectivity index (χ0n) is 15.9. The van der Waals surface area contributed by atoms with Crippen molar-refractivity contribution in [2.75, 3.05) is 0 Å². The molecule has 2 aromatic carbocycles. The first-order chi connectivity index (χ1) is 12.5. The van der Waals surface area contributed by atoms with Gasteiger partial charge in [0.05, 0.1) is 0 Å². The Morgan fingerprint density at radius 2 is 1.62 bits per heavy atom. The van der Waals surface area contributed by atoms with Crippen LogP contribution >= 0.6 is 6.06 Å². The molecule has 2 nitrogen and oxygen atoms in total. The Labute approximate surface area is 164 Å². The molecule has 1 aliphatic carbocycles. The SMILES string of the molecule is CC(C)[C@@H]1CC[C@@H](C)C[C@H]1OP(=O)([Se]c1ccccc1)c1ccccc1. The van der Waals surface area contributed by atoms with Gasteiger partial charge in [-0.3, -0.25) is 0 Å². The van der Waals surface area contributed by atoms with Gasteiger partial charge < -0.3 is 0 Å². The van der Waals surface area contributed by atoms with Gasteiger partial charge in [-0.2, -0.15) is 0 Å². The molecule has 3 rings (SSSR count). The van der Waals surface area contributed by atoms with Gasteiger partial charge in [0, 0.05) is 0 Å². The molecule has 0 N–H and O–H groups in total. The second-order valence-corrected chi connectivity index (χ2v) is 14.8. The van der Waals surface area contributed by atoms with Crippen LogP contribution in [-0.4, -0.2) is 20.6 Å². The molecule has 4 atom stereocenters. The fourth-order valence-electron chi connectivity index (χ4n) is 3.78. The van der Waals surface area contributed by atoms with Gasteiger partial charge in [0.25, 0.3) is 0 Å². The summed E-state index contributed by atoms with van der Waals surface area (Å²) in [6, 6.07) is 17.1. The van der Waals surface area contributed by atoms with E-state index in [9.17, 15) is 4.57 Å². The molecule has 2 aromatic rings. The van der Waals surface area contributed by atoms with Gasteiger partial charge in [0.2, 0.25) is 0 Å². The van der Waals surface area contributed by atoms with Crippen molar-refractivity contribution in [3.63, 3.8) is 0 Å². The van der Waals surface area contributed by atoms with Gasteiger partial charge in [-0.05, 0) is 0 Å². The summed E-state index contributed by atoms with van der Waals surface area (Å²) in [5.41, 5.74) is 0. The van der Waals surface area contributed by atoms with Crippen molar-refractivity contribution in [1.29, 1.82) is 0 Å². The van der Waals surface area contributed by atoms with E-state index in [0.717, 1.165) is 16.2 Å². The topological polar surface area (TPSA) is 26.3 Å². The monoisotopic (exact) mass is 436 g/mol. The Morgan fingerprint density at radius 1 is 1.00 bits per heavy atom. The summed E-state index contributed by atoms with van der Waals surface area (Å²) in [5.74, 6) is 1.69.